The van der Waals surface area contributed by atoms with Gasteiger partial charge in [0.25, 0.3) is 5.91 Å². The summed E-state index contributed by atoms with van der Waals surface area (Å²) in [5.41, 5.74) is 6.53. The zero-order valence-electron chi connectivity index (χ0n) is 13.0. The number of aliphatic hydroxyl groups is 1. The highest BCUT2D eigenvalue weighted by Crippen LogP contribution is 2.31. The van der Waals surface area contributed by atoms with Gasteiger partial charge in [-0.3, -0.25) is 9.78 Å². The molecular weight excluding hydrogens is 282 g/mol. The van der Waals surface area contributed by atoms with Crippen LogP contribution in [0.2, 0.25) is 0 Å². The van der Waals surface area contributed by atoms with Gasteiger partial charge in [-0.15, -0.1) is 0 Å². The molecule has 0 aliphatic rings. The molecule has 1 aromatic heterocycles. The number of primary amides is 1. The number of aromatic nitrogens is 1. The summed E-state index contributed by atoms with van der Waals surface area (Å²) in [6.07, 6.45) is 0.676. The van der Waals surface area contributed by atoms with Crippen molar-refractivity contribution >= 4 is 22.5 Å². The number of carbonyl (C=O) groups is 1. The lowest BCUT2D eigenvalue weighted by Crippen LogP contribution is -2.30. The summed E-state index contributed by atoms with van der Waals surface area (Å²) in [5, 5.41) is 14.0. The maximum Gasteiger partial charge on any atom is 0.251 e. The lowest BCUT2D eigenvalue weighted by molar-refractivity contribution is -0.128. The lowest BCUT2D eigenvalue weighted by Gasteiger charge is -2.23. The number of ether oxygens (including phenoxy) is 1. The average molecular weight is 303 g/mol. The van der Waals surface area contributed by atoms with Gasteiger partial charge in [0.05, 0.1) is 16.8 Å². The van der Waals surface area contributed by atoms with Crippen molar-refractivity contribution in [2.24, 2.45) is 5.73 Å². The second kappa shape index (κ2) is 6.29. The van der Waals surface area contributed by atoms with Crippen molar-refractivity contribution in [2.75, 3.05) is 19.0 Å². The first-order valence-corrected chi connectivity index (χ1v) is 6.99. The number of rotatable bonds is 6. The Balaban J connectivity index is 2.57. The van der Waals surface area contributed by atoms with Gasteiger partial charge in [-0.05, 0) is 19.9 Å². The highest BCUT2D eigenvalue weighted by Gasteiger charge is 2.23. The Bertz CT molecular complexity index is 680. The first kappa shape index (κ1) is 16.2. The zero-order valence-corrected chi connectivity index (χ0v) is 13.0. The van der Waals surface area contributed by atoms with Gasteiger partial charge in [0.15, 0.2) is 6.10 Å². The number of pyridine rings is 1. The summed E-state index contributed by atoms with van der Waals surface area (Å²) in [4.78, 5) is 16.0. The van der Waals surface area contributed by atoms with Crippen molar-refractivity contribution in [3.05, 3.63) is 36.0 Å². The fraction of sp³-hybridized carbons (Fsp3) is 0.375. The smallest absolute Gasteiger partial charge is 0.251 e. The number of hydrogen-bond donors (Lipinski definition) is 3. The van der Waals surface area contributed by atoms with E-state index in [-0.39, 0.29) is 0 Å². The van der Waals surface area contributed by atoms with E-state index >= 15 is 0 Å². The van der Waals surface area contributed by atoms with E-state index in [0.29, 0.717) is 17.8 Å². The van der Waals surface area contributed by atoms with E-state index in [1.165, 1.54) is 7.11 Å². The number of carbonyl (C=O) groups excluding carboxylic acids is 1. The molecule has 6 nitrogen and oxygen atoms in total. The van der Waals surface area contributed by atoms with Crippen LogP contribution in [0, 0.1) is 0 Å². The van der Waals surface area contributed by atoms with Gasteiger partial charge < -0.3 is 20.9 Å². The van der Waals surface area contributed by atoms with Crippen LogP contribution in [-0.2, 0) is 9.53 Å². The SMILES string of the molecule is COC(C(N)=O)c1cnc2ccccc2c1NCC(C)(C)O. The minimum atomic E-state index is -0.906. The number of para-hydroxylation sites is 1. The van der Waals surface area contributed by atoms with Gasteiger partial charge in [0, 0.05) is 30.8 Å². The third-order valence-corrected chi connectivity index (χ3v) is 3.28. The summed E-state index contributed by atoms with van der Waals surface area (Å²) in [6.45, 7) is 3.71. The first-order chi connectivity index (χ1) is 10.3. The number of methoxy groups -OCH3 is 1. The highest BCUT2D eigenvalue weighted by atomic mass is 16.5. The number of nitrogens with zero attached hydrogens (tertiary/aromatic N) is 1. The van der Waals surface area contributed by atoms with Crippen LogP contribution in [0.25, 0.3) is 10.9 Å². The molecule has 0 aliphatic heterocycles. The first-order valence-electron chi connectivity index (χ1n) is 6.99. The van der Waals surface area contributed by atoms with Crippen LogP contribution in [0.15, 0.2) is 30.5 Å². The van der Waals surface area contributed by atoms with E-state index in [1.807, 2.05) is 24.3 Å². The summed E-state index contributed by atoms with van der Waals surface area (Å²) >= 11 is 0. The molecule has 0 aliphatic carbocycles. The van der Waals surface area contributed by atoms with E-state index in [1.54, 1.807) is 20.0 Å². The maximum absolute atomic E-state index is 11.6. The van der Waals surface area contributed by atoms with Gasteiger partial charge in [0.2, 0.25) is 0 Å². The second-order valence-electron chi connectivity index (χ2n) is 5.79. The fourth-order valence-electron chi connectivity index (χ4n) is 2.25. The summed E-state index contributed by atoms with van der Waals surface area (Å²) in [5.74, 6) is -0.592. The van der Waals surface area contributed by atoms with Crippen molar-refractivity contribution in [3.8, 4) is 0 Å². The molecule has 0 radical (unpaired) electrons. The van der Waals surface area contributed by atoms with E-state index < -0.39 is 17.6 Å². The molecule has 2 rings (SSSR count). The highest BCUT2D eigenvalue weighted by molar-refractivity contribution is 5.95. The average Bonchev–Trinajstić information content (AvgIpc) is 2.45. The lowest BCUT2D eigenvalue weighted by atomic mass is 10.0. The molecule has 1 aromatic carbocycles. The number of hydrogen-bond acceptors (Lipinski definition) is 5. The standard InChI is InChI=1S/C16H21N3O3/c1-16(2,21)9-19-13-10-6-4-5-7-12(10)18-8-11(13)14(22-3)15(17)20/h4-8,14,21H,9H2,1-3H3,(H2,17,20)(H,18,19). The number of nitrogens with two attached hydrogens (primary N) is 1. The minimum absolute atomic E-state index is 0.309. The molecule has 4 N–H and O–H groups in total. The second-order valence-corrected chi connectivity index (χ2v) is 5.79. The van der Waals surface area contributed by atoms with Gasteiger partial charge >= 0.3 is 0 Å². The van der Waals surface area contributed by atoms with E-state index in [2.05, 4.69) is 10.3 Å². The molecule has 0 fully saturated rings. The number of nitrogens with one attached hydrogen (secondary N) is 1. The van der Waals surface area contributed by atoms with Crippen LogP contribution in [0.4, 0.5) is 5.69 Å². The Hall–Kier alpha value is -2.18. The van der Waals surface area contributed by atoms with E-state index in [0.717, 1.165) is 10.9 Å². The predicted octanol–water partition coefficient (Wildman–Crippen LogP) is 1.59. The number of fused-ring (bicyclic) bond motifs is 1. The van der Waals surface area contributed by atoms with Gasteiger partial charge in [-0.1, -0.05) is 18.2 Å². The van der Waals surface area contributed by atoms with Gasteiger partial charge in [-0.25, -0.2) is 0 Å². The van der Waals surface area contributed by atoms with Crippen molar-refractivity contribution < 1.29 is 14.6 Å². The molecule has 118 valence electrons. The molecule has 1 atom stereocenters. The predicted molar refractivity (Wildman–Crippen MR) is 85.5 cm³/mol. The van der Waals surface area contributed by atoms with E-state index in [4.69, 9.17) is 10.5 Å². The van der Waals surface area contributed by atoms with Crippen molar-refractivity contribution in [1.29, 1.82) is 0 Å². The number of benzene rings is 1. The third-order valence-electron chi connectivity index (χ3n) is 3.28. The number of amides is 1. The van der Waals surface area contributed by atoms with Gasteiger partial charge in [-0.2, -0.15) is 0 Å². The molecule has 22 heavy (non-hydrogen) atoms. The Labute approximate surface area is 129 Å². The monoisotopic (exact) mass is 303 g/mol. The summed E-state index contributed by atoms with van der Waals surface area (Å²) in [7, 11) is 1.42. The quantitative estimate of drug-likeness (QED) is 0.753. The maximum atomic E-state index is 11.6. The Kier molecular flexibility index (Phi) is 4.63. The topological polar surface area (TPSA) is 97.5 Å². The van der Waals surface area contributed by atoms with Crippen molar-refractivity contribution in [1.82, 2.24) is 4.98 Å². The fourth-order valence-corrected chi connectivity index (χ4v) is 2.25. The Morgan fingerprint density at radius 3 is 2.73 bits per heavy atom. The largest absolute Gasteiger partial charge is 0.389 e. The molecule has 1 unspecified atom stereocenters. The number of anilines is 1. The molecule has 0 saturated heterocycles. The van der Waals surface area contributed by atoms with Crippen LogP contribution < -0.4 is 11.1 Å². The third kappa shape index (κ3) is 3.52. The Morgan fingerprint density at radius 1 is 1.45 bits per heavy atom. The van der Waals surface area contributed by atoms with Crippen LogP contribution in [-0.4, -0.2) is 35.3 Å². The minimum Gasteiger partial charge on any atom is -0.389 e. The van der Waals surface area contributed by atoms with Gasteiger partial charge in [0.1, 0.15) is 0 Å². The van der Waals surface area contributed by atoms with Crippen LogP contribution in [0.5, 0.6) is 0 Å². The van der Waals surface area contributed by atoms with Crippen molar-refractivity contribution in [2.45, 2.75) is 25.6 Å². The molecule has 0 bridgehead atoms. The van der Waals surface area contributed by atoms with Crippen LogP contribution in [0.3, 0.4) is 0 Å². The van der Waals surface area contributed by atoms with Crippen molar-refractivity contribution in [3.63, 3.8) is 0 Å². The molecular formula is C16H21N3O3. The van der Waals surface area contributed by atoms with E-state index in [9.17, 15) is 9.90 Å². The normalized spacial score (nSPS) is 13.1. The van der Waals surface area contributed by atoms with Crippen LogP contribution >= 0.6 is 0 Å². The molecule has 6 heteroatoms. The molecule has 1 heterocycles. The zero-order chi connectivity index (χ0) is 16.3. The molecule has 0 saturated carbocycles. The Morgan fingerprint density at radius 2 is 2.14 bits per heavy atom. The van der Waals surface area contributed by atoms with Crippen LogP contribution in [0.1, 0.15) is 25.5 Å². The molecule has 0 spiro atoms. The summed E-state index contributed by atoms with van der Waals surface area (Å²) < 4.78 is 5.20. The molecule has 2 aromatic rings. The summed E-state index contributed by atoms with van der Waals surface area (Å²) in [6, 6.07) is 7.54. The molecule has 1 amide bonds.